The molecule has 0 atom stereocenters. The van der Waals surface area contributed by atoms with Crippen LogP contribution in [0, 0.1) is 0 Å². The molecule has 4 aromatic rings. The SMILES string of the molecule is C=CCc1ccc(OCCn2c(CNC(=O)c3cccs3)nc3ccccc32)c(OC)c1. The minimum absolute atomic E-state index is 0.0980. The number of aromatic nitrogens is 2. The minimum atomic E-state index is -0.0980. The number of thiophene rings is 1. The quantitative estimate of drug-likeness (QED) is 0.353. The molecule has 0 unspecified atom stereocenters. The summed E-state index contributed by atoms with van der Waals surface area (Å²) in [7, 11) is 1.64. The van der Waals surface area contributed by atoms with Gasteiger partial charge in [0.1, 0.15) is 12.4 Å². The Balaban J connectivity index is 1.48. The molecule has 2 aromatic carbocycles. The average molecular weight is 448 g/mol. The molecule has 6 nitrogen and oxygen atoms in total. The van der Waals surface area contributed by atoms with E-state index in [1.807, 2.05) is 66.1 Å². The topological polar surface area (TPSA) is 65.4 Å². The lowest BCUT2D eigenvalue weighted by Gasteiger charge is -2.14. The molecule has 164 valence electrons. The van der Waals surface area contributed by atoms with Gasteiger partial charge < -0.3 is 19.4 Å². The molecule has 4 rings (SSSR count). The van der Waals surface area contributed by atoms with E-state index in [-0.39, 0.29) is 5.91 Å². The van der Waals surface area contributed by atoms with Gasteiger partial charge in [-0.05, 0) is 47.7 Å². The number of hydrogen-bond acceptors (Lipinski definition) is 5. The highest BCUT2D eigenvalue weighted by Crippen LogP contribution is 2.28. The van der Waals surface area contributed by atoms with Crippen LogP contribution in [0.2, 0.25) is 0 Å². The van der Waals surface area contributed by atoms with E-state index in [1.165, 1.54) is 11.3 Å². The number of methoxy groups -OCH3 is 1. The van der Waals surface area contributed by atoms with Crippen molar-refractivity contribution < 1.29 is 14.3 Å². The Kier molecular flexibility index (Phi) is 6.87. The lowest BCUT2D eigenvalue weighted by atomic mass is 10.1. The van der Waals surface area contributed by atoms with E-state index in [0.717, 1.165) is 28.8 Å². The van der Waals surface area contributed by atoms with Crippen LogP contribution >= 0.6 is 11.3 Å². The van der Waals surface area contributed by atoms with Crippen LogP contribution in [0.4, 0.5) is 0 Å². The van der Waals surface area contributed by atoms with Crippen LogP contribution in [0.15, 0.2) is 72.6 Å². The third-order valence-electron chi connectivity index (χ3n) is 5.07. The van der Waals surface area contributed by atoms with Crippen LogP contribution in [0.5, 0.6) is 11.5 Å². The van der Waals surface area contributed by atoms with Crippen LogP contribution in [0.25, 0.3) is 11.0 Å². The molecule has 1 N–H and O–H groups in total. The number of fused-ring (bicyclic) bond motifs is 1. The van der Waals surface area contributed by atoms with Crippen molar-refractivity contribution in [1.82, 2.24) is 14.9 Å². The first-order valence-corrected chi connectivity index (χ1v) is 11.2. The van der Waals surface area contributed by atoms with E-state index >= 15 is 0 Å². The highest BCUT2D eigenvalue weighted by molar-refractivity contribution is 7.12. The number of hydrogen-bond donors (Lipinski definition) is 1. The number of amides is 1. The highest BCUT2D eigenvalue weighted by Gasteiger charge is 2.13. The van der Waals surface area contributed by atoms with E-state index < -0.39 is 0 Å². The molecule has 0 aliphatic carbocycles. The molecule has 7 heteroatoms. The van der Waals surface area contributed by atoms with Crippen LogP contribution in [-0.4, -0.2) is 29.2 Å². The number of allylic oxidation sites excluding steroid dienone is 1. The fraction of sp³-hybridized carbons (Fsp3) is 0.200. The van der Waals surface area contributed by atoms with Gasteiger partial charge in [0.15, 0.2) is 11.5 Å². The molecular formula is C25H25N3O3S. The van der Waals surface area contributed by atoms with Crippen molar-refractivity contribution in [3.63, 3.8) is 0 Å². The van der Waals surface area contributed by atoms with Gasteiger partial charge in [0.25, 0.3) is 5.91 Å². The van der Waals surface area contributed by atoms with Gasteiger partial charge in [0.2, 0.25) is 0 Å². The van der Waals surface area contributed by atoms with Gasteiger partial charge in [-0.3, -0.25) is 4.79 Å². The van der Waals surface area contributed by atoms with Gasteiger partial charge >= 0.3 is 0 Å². The molecule has 32 heavy (non-hydrogen) atoms. The van der Waals surface area contributed by atoms with Crippen molar-refractivity contribution in [2.75, 3.05) is 13.7 Å². The Morgan fingerprint density at radius 3 is 2.84 bits per heavy atom. The van der Waals surface area contributed by atoms with Gasteiger partial charge in [-0.1, -0.05) is 30.3 Å². The van der Waals surface area contributed by atoms with Crippen LogP contribution in [-0.2, 0) is 19.5 Å². The van der Waals surface area contributed by atoms with Gasteiger partial charge in [0.05, 0.1) is 36.1 Å². The zero-order chi connectivity index (χ0) is 22.3. The number of rotatable bonds is 10. The summed E-state index contributed by atoms with van der Waals surface area (Å²) in [5.41, 5.74) is 3.01. The molecule has 0 saturated carbocycles. The second kappa shape index (κ2) is 10.2. The maximum Gasteiger partial charge on any atom is 0.261 e. The molecule has 2 aromatic heterocycles. The Morgan fingerprint density at radius 1 is 1.19 bits per heavy atom. The van der Waals surface area contributed by atoms with Gasteiger partial charge in [-0.25, -0.2) is 4.98 Å². The smallest absolute Gasteiger partial charge is 0.261 e. The zero-order valence-corrected chi connectivity index (χ0v) is 18.7. The highest BCUT2D eigenvalue weighted by atomic mass is 32.1. The standard InChI is InChI=1S/C25H25N3O3S/c1-3-7-18-11-12-21(22(16-18)30-2)31-14-13-28-20-9-5-4-8-19(20)27-24(28)17-26-25(29)23-10-6-15-32-23/h3-6,8-12,15-16H,1,7,13-14,17H2,2H3,(H,26,29). The summed E-state index contributed by atoms with van der Waals surface area (Å²) in [6.07, 6.45) is 2.64. The second-order valence-electron chi connectivity index (χ2n) is 7.15. The molecule has 0 saturated heterocycles. The number of nitrogens with one attached hydrogen (secondary N) is 1. The van der Waals surface area contributed by atoms with Crippen LogP contribution in [0.3, 0.4) is 0 Å². The Hall–Kier alpha value is -3.58. The molecule has 2 heterocycles. The summed E-state index contributed by atoms with van der Waals surface area (Å²) in [6.45, 7) is 5.14. The third-order valence-corrected chi connectivity index (χ3v) is 5.93. The Labute approximate surface area is 191 Å². The van der Waals surface area contributed by atoms with E-state index in [2.05, 4.69) is 16.5 Å². The maximum absolute atomic E-state index is 12.4. The lowest BCUT2D eigenvalue weighted by Crippen LogP contribution is -2.24. The average Bonchev–Trinajstić information content (AvgIpc) is 3.47. The number of carbonyl (C=O) groups is 1. The first-order chi connectivity index (χ1) is 15.7. The number of ether oxygens (including phenoxy) is 2. The summed E-state index contributed by atoms with van der Waals surface area (Å²) in [4.78, 5) is 17.8. The molecular weight excluding hydrogens is 422 g/mol. The summed E-state index contributed by atoms with van der Waals surface area (Å²) in [6, 6.07) is 17.5. The van der Waals surface area contributed by atoms with Crippen molar-refractivity contribution in [1.29, 1.82) is 0 Å². The van der Waals surface area contributed by atoms with Gasteiger partial charge in [-0.2, -0.15) is 0 Å². The lowest BCUT2D eigenvalue weighted by molar-refractivity contribution is 0.0953. The fourth-order valence-corrected chi connectivity index (χ4v) is 4.18. The number of para-hydroxylation sites is 2. The Bertz CT molecular complexity index is 1210. The monoisotopic (exact) mass is 447 g/mol. The van der Waals surface area contributed by atoms with E-state index in [4.69, 9.17) is 14.5 Å². The van der Waals surface area contributed by atoms with Gasteiger partial charge in [-0.15, -0.1) is 17.9 Å². The van der Waals surface area contributed by atoms with Crippen molar-refractivity contribution in [2.45, 2.75) is 19.5 Å². The zero-order valence-electron chi connectivity index (χ0n) is 17.9. The summed E-state index contributed by atoms with van der Waals surface area (Å²) in [5, 5.41) is 4.86. The summed E-state index contributed by atoms with van der Waals surface area (Å²) in [5.74, 6) is 2.08. The van der Waals surface area contributed by atoms with Crippen LogP contribution < -0.4 is 14.8 Å². The molecule has 0 bridgehead atoms. The van der Waals surface area contributed by atoms with Crippen molar-refractivity contribution in [3.8, 4) is 11.5 Å². The third kappa shape index (κ3) is 4.84. The van der Waals surface area contributed by atoms with Crippen molar-refractivity contribution in [2.24, 2.45) is 0 Å². The normalized spacial score (nSPS) is 10.8. The molecule has 0 aliphatic rings. The van der Waals surface area contributed by atoms with Crippen molar-refractivity contribution in [3.05, 3.63) is 88.9 Å². The van der Waals surface area contributed by atoms with E-state index in [9.17, 15) is 4.79 Å². The summed E-state index contributed by atoms with van der Waals surface area (Å²) >= 11 is 1.42. The number of carbonyl (C=O) groups excluding carboxylic acids is 1. The first kappa shape index (κ1) is 21.6. The Morgan fingerprint density at radius 2 is 2.06 bits per heavy atom. The number of nitrogens with zero attached hydrogens (tertiary/aromatic N) is 2. The first-order valence-electron chi connectivity index (χ1n) is 10.4. The molecule has 0 spiro atoms. The molecule has 0 aliphatic heterocycles. The van der Waals surface area contributed by atoms with E-state index in [1.54, 1.807) is 7.11 Å². The van der Waals surface area contributed by atoms with Crippen molar-refractivity contribution >= 4 is 28.3 Å². The predicted octanol–water partition coefficient (Wildman–Crippen LogP) is 4.84. The fourth-order valence-electron chi connectivity index (χ4n) is 3.54. The number of benzene rings is 2. The molecule has 1 amide bonds. The summed E-state index contributed by atoms with van der Waals surface area (Å²) < 4.78 is 13.6. The largest absolute Gasteiger partial charge is 0.493 e. The van der Waals surface area contributed by atoms with E-state index in [0.29, 0.717) is 36.1 Å². The minimum Gasteiger partial charge on any atom is -0.493 e. The molecule has 0 radical (unpaired) electrons. The molecule has 0 fully saturated rings. The number of imidazole rings is 1. The maximum atomic E-state index is 12.4. The predicted molar refractivity (Wildman–Crippen MR) is 128 cm³/mol. The second-order valence-corrected chi connectivity index (χ2v) is 8.10. The van der Waals surface area contributed by atoms with Gasteiger partial charge in [0, 0.05) is 0 Å². The van der Waals surface area contributed by atoms with Crippen LogP contribution in [0.1, 0.15) is 21.1 Å².